The Morgan fingerprint density at radius 3 is 1.43 bits per heavy atom. The standard InChI is InChI=1S/C73H56N6.C3H6.2C2H6/c1-4-20-56-48-61(43-45-68(56)76(47-5-2)69-33-18-23-52-21-12-14-29-63(52)69)78(57-25-8-6-9-26-57)59-39-35-54(36-40-59)72-73(75-67-32-17-16-31-66(67)74-72)55-37-41-60(42-38-55)79(58-27-10-7-11-28-58)62-44-46-71-65(49-62)51(3)50-77(71)70-34-19-24-53-22-13-15-30-64(53)70;1-3-2;2*1-2/h4-19,21-46,48-50H,1-2,20,47H2,3H3;3H,1H2,2H3;2*1-2H3. The second kappa shape index (κ2) is 27.7. The Bertz CT molecular complexity index is 4420. The van der Waals surface area contributed by atoms with E-state index >= 15 is 0 Å². The molecule has 0 saturated heterocycles. The molecule has 0 aliphatic heterocycles. The molecule has 0 saturated carbocycles. The highest BCUT2D eigenvalue weighted by atomic mass is 15.2. The van der Waals surface area contributed by atoms with Crippen molar-refractivity contribution in [3.8, 4) is 28.2 Å². The summed E-state index contributed by atoms with van der Waals surface area (Å²) in [5.41, 5.74) is 18.5. The van der Waals surface area contributed by atoms with Gasteiger partial charge in [0, 0.05) is 85.5 Å². The first-order valence-corrected chi connectivity index (χ1v) is 29.9. The predicted molar refractivity (Wildman–Crippen MR) is 372 cm³/mol. The Balaban J connectivity index is 0.00000113. The molecule has 0 unspecified atom stereocenters. The molecule has 13 rings (SSSR count). The minimum absolute atomic E-state index is 0.650. The molecule has 6 heteroatoms. The normalized spacial score (nSPS) is 10.7. The molecule has 86 heavy (non-hydrogen) atoms. The van der Waals surface area contributed by atoms with E-state index in [1.807, 2.05) is 71.0 Å². The van der Waals surface area contributed by atoms with Crippen molar-refractivity contribution in [2.45, 2.75) is 48.0 Å². The number of anilines is 8. The van der Waals surface area contributed by atoms with Crippen LogP contribution >= 0.6 is 0 Å². The van der Waals surface area contributed by atoms with E-state index in [1.54, 1.807) is 6.08 Å². The molecule has 0 bridgehead atoms. The summed E-state index contributed by atoms with van der Waals surface area (Å²) in [6.45, 7) is 24.5. The third-order valence-electron chi connectivity index (χ3n) is 15.0. The highest BCUT2D eigenvalue weighted by Crippen LogP contribution is 2.43. The van der Waals surface area contributed by atoms with Gasteiger partial charge in [-0.05, 0) is 151 Å². The fourth-order valence-electron chi connectivity index (χ4n) is 11.3. The zero-order chi connectivity index (χ0) is 59.9. The van der Waals surface area contributed by atoms with Gasteiger partial charge in [0.05, 0.1) is 33.6 Å². The average molecular weight is 1120 g/mol. The number of rotatable bonds is 15. The number of nitrogens with zero attached hydrogens (tertiary/aromatic N) is 6. The molecule has 0 aliphatic rings. The third-order valence-corrected chi connectivity index (χ3v) is 15.0. The quantitative estimate of drug-likeness (QED) is 0.0957. The predicted octanol–water partition coefficient (Wildman–Crippen LogP) is 22.8. The lowest BCUT2D eigenvalue weighted by Crippen LogP contribution is -2.19. The van der Waals surface area contributed by atoms with Gasteiger partial charge in [-0.2, -0.15) is 0 Å². The van der Waals surface area contributed by atoms with Crippen LogP contribution in [-0.4, -0.2) is 21.1 Å². The average Bonchev–Trinajstić information content (AvgIpc) is 2.06. The molecule has 424 valence electrons. The lowest BCUT2D eigenvalue weighted by Gasteiger charge is -2.30. The molecule has 0 N–H and O–H groups in total. The zero-order valence-electron chi connectivity index (χ0n) is 50.3. The van der Waals surface area contributed by atoms with E-state index in [1.165, 1.54) is 43.7 Å². The minimum Gasteiger partial charge on any atom is -0.337 e. The first-order chi connectivity index (χ1) is 42.4. The van der Waals surface area contributed by atoms with Crippen LogP contribution in [0, 0.1) is 6.92 Å². The Hall–Kier alpha value is -10.6. The minimum atomic E-state index is 0.650. The van der Waals surface area contributed by atoms with Crippen LogP contribution in [0.2, 0.25) is 0 Å². The SMILES string of the molecule is C=CC.C=CCc1cc(N(c2ccccc2)c2ccc(-c3nc4ccccc4nc3-c3ccc(N(c4ccccc4)c4ccc5c(c4)c(C)cn5-c4cccc5ccccc45)cc3)cc2)ccc1N(CC=C)c1cccc2ccccc12.CC.CC. The van der Waals surface area contributed by atoms with Crippen LogP contribution in [0.5, 0.6) is 0 Å². The maximum absolute atomic E-state index is 5.35. The van der Waals surface area contributed by atoms with Crippen LogP contribution in [0.3, 0.4) is 0 Å². The number of para-hydroxylation sites is 4. The van der Waals surface area contributed by atoms with Crippen molar-refractivity contribution in [3.05, 3.63) is 310 Å². The van der Waals surface area contributed by atoms with Crippen molar-refractivity contribution in [1.82, 2.24) is 14.5 Å². The molecule has 0 amide bonds. The van der Waals surface area contributed by atoms with E-state index in [0.29, 0.717) is 13.0 Å². The molecule has 0 atom stereocenters. The smallest absolute Gasteiger partial charge is 0.0973 e. The molecule has 0 spiro atoms. The Morgan fingerprint density at radius 1 is 0.419 bits per heavy atom. The van der Waals surface area contributed by atoms with Crippen LogP contribution in [0.4, 0.5) is 45.5 Å². The summed E-state index contributed by atoms with van der Waals surface area (Å²) in [6, 6.07) is 90.6. The number of hydrogen-bond acceptors (Lipinski definition) is 5. The molecule has 0 fully saturated rings. The first-order valence-electron chi connectivity index (χ1n) is 29.9. The topological polar surface area (TPSA) is 40.4 Å². The number of aryl methyl sites for hydroxylation is 1. The number of aromatic nitrogens is 3. The van der Waals surface area contributed by atoms with Gasteiger partial charge in [0.1, 0.15) is 0 Å². The van der Waals surface area contributed by atoms with Gasteiger partial charge in [0.15, 0.2) is 0 Å². The molecule has 11 aromatic carbocycles. The van der Waals surface area contributed by atoms with Crippen molar-refractivity contribution >= 4 is 89.0 Å². The Morgan fingerprint density at radius 2 is 0.872 bits per heavy atom. The Labute approximate surface area is 508 Å². The summed E-state index contributed by atoms with van der Waals surface area (Å²) < 4.78 is 2.33. The monoisotopic (exact) mass is 1120 g/mol. The summed E-state index contributed by atoms with van der Waals surface area (Å²) in [5, 5.41) is 6.05. The van der Waals surface area contributed by atoms with Gasteiger partial charge in [0.2, 0.25) is 0 Å². The second-order valence-corrected chi connectivity index (χ2v) is 20.3. The summed E-state index contributed by atoms with van der Waals surface area (Å²) in [5.74, 6) is 0. The summed E-state index contributed by atoms with van der Waals surface area (Å²) in [4.78, 5) is 17.7. The molecule has 6 nitrogen and oxygen atoms in total. The fourth-order valence-corrected chi connectivity index (χ4v) is 11.3. The van der Waals surface area contributed by atoms with E-state index in [4.69, 9.17) is 9.97 Å². The largest absolute Gasteiger partial charge is 0.337 e. The summed E-state index contributed by atoms with van der Waals surface area (Å²) in [7, 11) is 0. The van der Waals surface area contributed by atoms with Gasteiger partial charge in [-0.25, -0.2) is 9.97 Å². The number of hydrogen-bond donors (Lipinski definition) is 0. The van der Waals surface area contributed by atoms with Gasteiger partial charge in [-0.15, -0.1) is 19.7 Å². The van der Waals surface area contributed by atoms with E-state index in [-0.39, 0.29) is 0 Å². The third kappa shape index (κ3) is 12.1. The van der Waals surface area contributed by atoms with E-state index < -0.39 is 0 Å². The van der Waals surface area contributed by atoms with E-state index in [9.17, 15) is 0 Å². The van der Waals surface area contributed by atoms with Crippen molar-refractivity contribution in [2.24, 2.45) is 0 Å². The molecule has 2 heterocycles. The number of benzene rings is 11. The second-order valence-electron chi connectivity index (χ2n) is 20.3. The molecule has 2 aromatic heterocycles. The molecular weight excluding hydrogens is 1040 g/mol. The fraction of sp³-hybridized carbons (Fsp3) is 0.100. The van der Waals surface area contributed by atoms with Crippen molar-refractivity contribution in [3.63, 3.8) is 0 Å². The lowest BCUT2D eigenvalue weighted by atomic mass is 10.0. The van der Waals surface area contributed by atoms with Crippen molar-refractivity contribution < 1.29 is 0 Å². The number of allylic oxidation sites excluding steroid dienone is 2. The molecular formula is C80H74N6. The van der Waals surface area contributed by atoms with Crippen LogP contribution < -0.4 is 14.7 Å². The Kier molecular flexibility index (Phi) is 18.9. The van der Waals surface area contributed by atoms with Crippen molar-refractivity contribution in [1.29, 1.82) is 0 Å². The van der Waals surface area contributed by atoms with Gasteiger partial charge in [0.25, 0.3) is 0 Å². The van der Waals surface area contributed by atoms with Crippen LogP contribution in [0.25, 0.3) is 71.7 Å². The lowest BCUT2D eigenvalue weighted by molar-refractivity contribution is 1.08. The first kappa shape index (κ1) is 58.6. The summed E-state index contributed by atoms with van der Waals surface area (Å²) >= 11 is 0. The van der Waals surface area contributed by atoms with Crippen molar-refractivity contribution in [2.75, 3.05) is 21.2 Å². The zero-order valence-corrected chi connectivity index (χ0v) is 50.3. The van der Waals surface area contributed by atoms with Gasteiger partial charge < -0.3 is 19.3 Å². The maximum atomic E-state index is 5.35. The highest BCUT2D eigenvalue weighted by molar-refractivity contribution is 5.98. The molecule has 0 radical (unpaired) electrons. The van der Waals surface area contributed by atoms with Gasteiger partial charge in [-0.1, -0.05) is 192 Å². The highest BCUT2D eigenvalue weighted by Gasteiger charge is 2.22. The molecule has 13 aromatic rings. The van der Waals surface area contributed by atoms with Crippen LogP contribution in [-0.2, 0) is 6.42 Å². The number of fused-ring (bicyclic) bond motifs is 4. The van der Waals surface area contributed by atoms with Gasteiger partial charge in [-0.3, -0.25) is 0 Å². The maximum Gasteiger partial charge on any atom is 0.0973 e. The van der Waals surface area contributed by atoms with Crippen LogP contribution in [0.15, 0.2) is 299 Å². The van der Waals surface area contributed by atoms with E-state index in [0.717, 1.165) is 84.6 Å². The van der Waals surface area contributed by atoms with Gasteiger partial charge >= 0.3 is 0 Å². The molecule has 0 aliphatic carbocycles. The summed E-state index contributed by atoms with van der Waals surface area (Å²) in [6.07, 6.45) is 8.66. The van der Waals surface area contributed by atoms with Crippen LogP contribution in [0.1, 0.15) is 45.7 Å². The van der Waals surface area contributed by atoms with E-state index in [2.05, 4.69) is 283 Å².